The second-order valence-corrected chi connectivity index (χ2v) is 7.05. The van der Waals surface area contributed by atoms with Gasteiger partial charge in [-0.25, -0.2) is 4.79 Å². The van der Waals surface area contributed by atoms with Crippen LogP contribution in [-0.2, 0) is 10.5 Å². The number of thioether (sulfide) groups is 1. The van der Waals surface area contributed by atoms with E-state index in [0.717, 1.165) is 26.6 Å². The Hall–Kier alpha value is -1.62. The molecule has 0 fully saturated rings. The van der Waals surface area contributed by atoms with E-state index in [1.165, 1.54) is 5.56 Å². The Balaban J connectivity index is 0.00000148. The first kappa shape index (κ1) is 27.4. The van der Waals surface area contributed by atoms with Crippen LogP contribution in [0.5, 0.6) is 0 Å². The van der Waals surface area contributed by atoms with E-state index in [0.29, 0.717) is 17.3 Å². The largest absolute Gasteiger partial charge is 0.461 e. The minimum atomic E-state index is -0.361. The van der Waals surface area contributed by atoms with Gasteiger partial charge in [-0.1, -0.05) is 70.5 Å². The number of benzene rings is 2. The zero-order valence-corrected chi connectivity index (χ0v) is 19.3. The number of aromatic nitrogens is 1. The van der Waals surface area contributed by atoms with Crippen LogP contribution in [0.1, 0.15) is 58.1 Å². The third-order valence-electron chi connectivity index (χ3n) is 3.48. The van der Waals surface area contributed by atoms with Crippen molar-refractivity contribution in [2.75, 3.05) is 6.61 Å². The average molecular weight is 456 g/mol. The average Bonchev–Trinajstić information content (AvgIpc) is 3.13. The fraction of sp³-hybridized carbons (Fsp3) is 0.348. The number of nitrogens with one attached hydrogen (secondary N) is 1. The van der Waals surface area contributed by atoms with Gasteiger partial charge in [-0.2, -0.15) is 0 Å². The van der Waals surface area contributed by atoms with Crippen molar-refractivity contribution in [2.24, 2.45) is 0 Å². The smallest absolute Gasteiger partial charge is 0.354 e. The molecule has 3 nitrogen and oxygen atoms in total. The van der Waals surface area contributed by atoms with Gasteiger partial charge >= 0.3 is 5.97 Å². The van der Waals surface area contributed by atoms with Gasteiger partial charge in [0, 0.05) is 26.6 Å². The van der Waals surface area contributed by atoms with Gasteiger partial charge in [-0.15, -0.1) is 11.8 Å². The first-order chi connectivity index (χ1) is 13.6. The molecule has 0 saturated carbocycles. The third kappa shape index (κ3) is 7.96. The molecule has 0 unspecified atom stereocenters. The second-order valence-electron chi connectivity index (χ2n) is 5.19. The predicted octanol–water partition coefficient (Wildman–Crippen LogP) is 8.63. The number of ether oxygens (including phenoxy) is 1. The van der Waals surface area contributed by atoms with Crippen LogP contribution < -0.4 is 0 Å². The van der Waals surface area contributed by atoms with E-state index in [2.05, 4.69) is 4.98 Å². The number of fused-ring (bicyclic) bond motifs is 1. The van der Waals surface area contributed by atoms with Crippen LogP contribution in [0.3, 0.4) is 0 Å². The highest BCUT2D eigenvalue weighted by Gasteiger charge is 2.12. The zero-order valence-electron chi connectivity index (χ0n) is 16.9. The van der Waals surface area contributed by atoms with E-state index in [1.807, 2.05) is 64.1 Å². The van der Waals surface area contributed by atoms with E-state index in [9.17, 15) is 4.79 Å². The number of hydrogen-bond donors (Lipinski definition) is 1. The van der Waals surface area contributed by atoms with Crippen LogP contribution in [0.15, 0.2) is 47.4 Å². The molecule has 0 amide bonds. The van der Waals surface area contributed by atoms with Gasteiger partial charge in [0.1, 0.15) is 5.69 Å². The highest BCUT2D eigenvalue weighted by molar-refractivity contribution is 7.98. The first-order valence-corrected chi connectivity index (χ1v) is 11.2. The monoisotopic (exact) mass is 455 g/mol. The second kappa shape index (κ2) is 14.4. The highest BCUT2D eigenvalue weighted by Crippen LogP contribution is 2.34. The molecular weight excluding hydrogens is 425 g/mol. The summed E-state index contributed by atoms with van der Waals surface area (Å²) in [5, 5.41) is 2.31. The fourth-order valence-electron chi connectivity index (χ4n) is 2.30. The van der Waals surface area contributed by atoms with Crippen molar-refractivity contribution in [3.63, 3.8) is 0 Å². The van der Waals surface area contributed by atoms with E-state index < -0.39 is 0 Å². The summed E-state index contributed by atoms with van der Waals surface area (Å²) in [6.45, 7) is 10.1. The van der Waals surface area contributed by atoms with Gasteiger partial charge in [0.15, 0.2) is 0 Å². The number of H-pyrrole nitrogens is 1. The van der Waals surface area contributed by atoms with Crippen LogP contribution in [-0.4, -0.2) is 17.6 Å². The number of carbonyl (C=O) groups is 1. The highest BCUT2D eigenvalue weighted by atomic mass is 35.5. The Bertz CT molecular complexity index is 876. The number of hydrogen-bond acceptors (Lipinski definition) is 3. The van der Waals surface area contributed by atoms with E-state index >= 15 is 0 Å². The molecule has 2 aromatic carbocycles. The molecule has 3 rings (SSSR count). The van der Waals surface area contributed by atoms with Crippen molar-refractivity contribution in [3.05, 3.63) is 63.8 Å². The first-order valence-electron chi connectivity index (χ1n) is 9.43. The lowest BCUT2D eigenvalue weighted by Gasteiger charge is -2.05. The Morgan fingerprint density at radius 2 is 1.66 bits per heavy atom. The number of esters is 1. The van der Waals surface area contributed by atoms with Crippen LogP contribution in [0.4, 0.5) is 0 Å². The van der Waals surface area contributed by atoms with Gasteiger partial charge in [0.25, 0.3) is 0 Å². The lowest BCUT2D eigenvalue weighted by atomic mass is 10.2. The molecular formula is C23H31Cl2NO2S. The molecule has 0 aliphatic heterocycles. The van der Waals surface area contributed by atoms with Gasteiger partial charge in [-0.05, 0) is 42.8 Å². The number of halogens is 2. The van der Waals surface area contributed by atoms with Crippen LogP contribution in [0, 0.1) is 0 Å². The Kier molecular flexibility index (Phi) is 13.6. The maximum absolute atomic E-state index is 11.8. The molecule has 0 aliphatic rings. The molecule has 1 aromatic heterocycles. The summed E-state index contributed by atoms with van der Waals surface area (Å²) < 4.78 is 5.01. The van der Waals surface area contributed by atoms with E-state index in [1.54, 1.807) is 24.8 Å². The third-order valence-corrected chi connectivity index (χ3v) is 5.28. The molecule has 1 N–H and O–H groups in total. The van der Waals surface area contributed by atoms with E-state index in [-0.39, 0.29) is 13.4 Å². The zero-order chi connectivity index (χ0) is 21.1. The molecule has 160 valence electrons. The predicted molar refractivity (Wildman–Crippen MR) is 130 cm³/mol. The molecule has 0 aliphatic carbocycles. The maximum atomic E-state index is 11.8. The summed E-state index contributed by atoms with van der Waals surface area (Å²) in [6.07, 6.45) is 0. The Morgan fingerprint density at radius 3 is 2.24 bits per heavy atom. The summed E-state index contributed by atoms with van der Waals surface area (Å²) in [5.41, 5.74) is 2.42. The molecule has 0 saturated heterocycles. The van der Waals surface area contributed by atoms with Gasteiger partial charge in [-0.3, -0.25) is 0 Å². The summed E-state index contributed by atoms with van der Waals surface area (Å²) in [5.74, 6) is 0.428. The number of rotatable bonds is 5. The van der Waals surface area contributed by atoms with Gasteiger partial charge < -0.3 is 9.72 Å². The molecule has 0 bridgehead atoms. The molecule has 29 heavy (non-hydrogen) atoms. The number of carbonyl (C=O) groups excluding carboxylic acids is 1. The number of aromatic amines is 1. The molecule has 0 atom stereocenters. The SMILES string of the molecule is C.CC.CC.CCOC(=O)c1cc2cc(SCc3ccc(Cl)cc3)c(Cl)cc2[nH]1. The summed E-state index contributed by atoms with van der Waals surface area (Å²) in [6, 6.07) is 13.4. The van der Waals surface area contributed by atoms with Crippen molar-refractivity contribution in [2.45, 2.75) is 52.7 Å². The standard InChI is InChI=1S/C18H15Cl2NO2S.2C2H6.CH4/c1-2-23-18(22)16-7-12-8-17(14(20)9-15(12)21-16)24-10-11-3-5-13(19)6-4-11;2*1-2;/h3-9,21H,2,10H2,1H3;2*1-2H3;1H4. The minimum absolute atomic E-state index is 0. The van der Waals surface area contributed by atoms with Crippen molar-refractivity contribution in [3.8, 4) is 0 Å². The van der Waals surface area contributed by atoms with Crippen LogP contribution in [0.2, 0.25) is 10.0 Å². The van der Waals surface area contributed by atoms with E-state index in [4.69, 9.17) is 27.9 Å². The van der Waals surface area contributed by atoms with Crippen molar-refractivity contribution in [1.82, 2.24) is 4.98 Å². The molecule has 0 radical (unpaired) electrons. The lowest BCUT2D eigenvalue weighted by molar-refractivity contribution is 0.0520. The molecule has 1 heterocycles. The Morgan fingerprint density at radius 1 is 1.03 bits per heavy atom. The van der Waals surface area contributed by atoms with Gasteiger partial charge in [0.05, 0.1) is 11.6 Å². The molecule has 3 aromatic rings. The summed E-state index contributed by atoms with van der Waals surface area (Å²) >= 11 is 13.9. The Labute approximate surface area is 189 Å². The van der Waals surface area contributed by atoms with Crippen molar-refractivity contribution in [1.29, 1.82) is 0 Å². The molecule has 6 heteroatoms. The quantitative estimate of drug-likeness (QED) is 0.309. The normalized spacial score (nSPS) is 9.48. The van der Waals surface area contributed by atoms with Crippen molar-refractivity contribution >= 4 is 51.8 Å². The van der Waals surface area contributed by atoms with Crippen LogP contribution in [0.25, 0.3) is 10.9 Å². The van der Waals surface area contributed by atoms with Crippen LogP contribution >= 0.6 is 35.0 Å². The minimum Gasteiger partial charge on any atom is -0.461 e. The summed E-state index contributed by atoms with van der Waals surface area (Å²) in [4.78, 5) is 15.8. The molecule has 0 spiro atoms. The fourth-order valence-corrected chi connectivity index (χ4v) is 3.68. The maximum Gasteiger partial charge on any atom is 0.354 e. The summed E-state index contributed by atoms with van der Waals surface area (Å²) in [7, 11) is 0. The topological polar surface area (TPSA) is 42.1 Å². The van der Waals surface area contributed by atoms with Crippen molar-refractivity contribution < 1.29 is 9.53 Å². The lowest BCUT2D eigenvalue weighted by Crippen LogP contribution is -2.04. The van der Waals surface area contributed by atoms with Gasteiger partial charge in [0.2, 0.25) is 0 Å².